The lowest BCUT2D eigenvalue weighted by molar-refractivity contribution is -0.143. The average Bonchev–Trinajstić information content (AvgIpc) is 3.28. The Hall–Kier alpha value is -2.30. The molecule has 5 heteroatoms. The van der Waals surface area contributed by atoms with Crippen molar-refractivity contribution in [3.8, 4) is 0 Å². The molecule has 0 spiro atoms. The third-order valence-electron chi connectivity index (χ3n) is 5.22. The van der Waals surface area contributed by atoms with Gasteiger partial charge in [0.25, 0.3) is 0 Å². The predicted molar refractivity (Wildman–Crippen MR) is 99.3 cm³/mol. The molecule has 2 amide bonds. The molecule has 1 saturated heterocycles. The van der Waals surface area contributed by atoms with Crippen molar-refractivity contribution in [2.75, 3.05) is 19.6 Å². The fourth-order valence-corrected chi connectivity index (χ4v) is 3.79. The van der Waals surface area contributed by atoms with Crippen LogP contribution in [0.15, 0.2) is 30.5 Å². The van der Waals surface area contributed by atoms with Crippen molar-refractivity contribution in [2.24, 2.45) is 0 Å². The normalized spacial score (nSPS) is 17.2. The van der Waals surface area contributed by atoms with Gasteiger partial charge in [-0.05, 0) is 44.7 Å². The van der Waals surface area contributed by atoms with Gasteiger partial charge in [0, 0.05) is 43.2 Å². The number of aromatic nitrogens is 1. The maximum Gasteiger partial charge on any atom is 0.245 e. The summed E-state index contributed by atoms with van der Waals surface area (Å²) >= 11 is 0. The van der Waals surface area contributed by atoms with Crippen LogP contribution >= 0.6 is 0 Å². The van der Waals surface area contributed by atoms with E-state index in [0.29, 0.717) is 32.5 Å². The van der Waals surface area contributed by atoms with Crippen LogP contribution in [-0.4, -0.2) is 52.3 Å². The van der Waals surface area contributed by atoms with Gasteiger partial charge in [0.1, 0.15) is 6.04 Å². The van der Waals surface area contributed by atoms with Crippen molar-refractivity contribution in [3.63, 3.8) is 0 Å². The molecule has 0 aliphatic carbocycles. The molecule has 1 N–H and O–H groups in total. The number of carbonyl (C=O) groups is 2. The average molecular weight is 341 g/mol. The van der Waals surface area contributed by atoms with Crippen LogP contribution in [0.5, 0.6) is 0 Å². The number of H-pyrrole nitrogens is 1. The van der Waals surface area contributed by atoms with E-state index in [1.54, 1.807) is 4.90 Å². The van der Waals surface area contributed by atoms with Crippen molar-refractivity contribution >= 4 is 22.7 Å². The lowest BCUT2D eigenvalue weighted by Gasteiger charge is -2.29. The Morgan fingerprint density at radius 3 is 2.76 bits per heavy atom. The number of carbonyl (C=O) groups excluding carboxylic acids is 2. The highest BCUT2D eigenvalue weighted by atomic mass is 16.2. The first-order chi connectivity index (χ1) is 12.2. The lowest BCUT2D eigenvalue weighted by Crippen LogP contribution is -2.47. The Balaban J connectivity index is 1.65. The zero-order chi connectivity index (χ0) is 17.8. The highest BCUT2D eigenvalue weighted by molar-refractivity contribution is 5.89. The SMILES string of the molecule is CCN(CC)C(=O)[C@@H]1CCCN1C(=O)CCc1c[nH]c2ccccc12. The number of benzene rings is 1. The number of fused-ring (bicyclic) bond motifs is 1. The predicted octanol–water partition coefficient (Wildman–Crippen LogP) is 2.96. The first-order valence-electron chi connectivity index (χ1n) is 9.29. The topological polar surface area (TPSA) is 56.4 Å². The number of nitrogens with one attached hydrogen (secondary N) is 1. The molecule has 0 bridgehead atoms. The van der Waals surface area contributed by atoms with Gasteiger partial charge in [-0.25, -0.2) is 0 Å². The summed E-state index contributed by atoms with van der Waals surface area (Å²) in [6, 6.07) is 7.87. The second-order valence-electron chi connectivity index (χ2n) is 6.62. The molecule has 2 heterocycles. The molecule has 3 rings (SSSR count). The maximum atomic E-state index is 12.7. The van der Waals surface area contributed by atoms with Gasteiger partial charge < -0.3 is 14.8 Å². The van der Waals surface area contributed by atoms with Gasteiger partial charge in [-0.2, -0.15) is 0 Å². The van der Waals surface area contributed by atoms with E-state index in [1.807, 2.05) is 43.1 Å². The Kier molecular flexibility index (Phi) is 5.41. The van der Waals surface area contributed by atoms with Crippen LogP contribution in [0.25, 0.3) is 10.9 Å². The zero-order valence-electron chi connectivity index (χ0n) is 15.1. The molecular weight excluding hydrogens is 314 g/mol. The second-order valence-corrected chi connectivity index (χ2v) is 6.62. The van der Waals surface area contributed by atoms with E-state index in [4.69, 9.17) is 0 Å². The van der Waals surface area contributed by atoms with E-state index in [9.17, 15) is 9.59 Å². The summed E-state index contributed by atoms with van der Waals surface area (Å²) in [5.41, 5.74) is 2.26. The van der Waals surface area contributed by atoms with Gasteiger partial charge in [-0.15, -0.1) is 0 Å². The van der Waals surface area contributed by atoms with Gasteiger partial charge in [0.2, 0.25) is 11.8 Å². The van der Waals surface area contributed by atoms with Crippen molar-refractivity contribution in [3.05, 3.63) is 36.0 Å². The van der Waals surface area contributed by atoms with Crippen molar-refractivity contribution in [1.29, 1.82) is 0 Å². The molecule has 25 heavy (non-hydrogen) atoms. The molecule has 134 valence electrons. The Morgan fingerprint density at radius 1 is 1.24 bits per heavy atom. The van der Waals surface area contributed by atoms with Crippen LogP contribution in [0.1, 0.15) is 38.7 Å². The third-order valence-corrected chi connectivity index (χ3v) is 5.22. The Bertz CT molecular complexity index is 748. The van der Waals surface area contributed by atoms with Crippen molar-refractivity contribution < 1.29 is 9.59 Å². The van der Waals surface area contributed by atoms with E-state index in [2.05, 4.69) is 11.1 Å². The summed E-state index contributed by atoms with van der Waals surface area (Å²) < 4.78 is 0. The van der Waals surface area contributed by atoms with Crippen molar-refractivity contribution in [2.45, 2.75) is 45.6 Å². The number of hydrogen-bond donors (Lipinski definition) is 1. The number of aromatic amines is 1. The molecule has 1 atom stereocenters. The Morgan fingerprint density at radius 2 is 2.00 bits per heavy atom. The molecule has 0 radical (unpaired) electrons. The molecule has 1 aromatic carbocycles. The highest BCUT2D eigenvalue weighted by Gasteiger charge is 2.35. The fourth-order valence-electron chi connectivity index (χ4n) is 3.79. The first kappa shape index (κ1) is 17.5. The van der Waals surface area contributed by atoms with Crippen LogP contribution < -0.4 is 0 Å². The van der Waals surface area contributed by atoms with Gasteiger partial charge >= 0.3 is 0 Å². The van der Waals surface area contributed by atoms with Crippen molar-refractivity contribution in [1.82, 2.24) is 14.8 Å². The van der Waals surface area contributed by atoms with E-state index >= 15 is 0 Å². The second kappa shape index (κ2) is 7.72. The minimum absolute atomic E-state index is 0.0910. The largest absolute Gasteiger partial charge is 0.361 e. The summed E-state index contributed by atoms with van der Waals surface area (Å²) in [5.74, 6) is 0.191. The van der Waals surface area contributed by atoms with Crippen LogP contribution in [0.4, 0.5) is 0 Å². The summed E-state index contributed by atoms with van der Waals surface area (Å²) in [6.45, 7) is 6.07. The molecule has 1 aliphatic heterocycles. The van der Waals surface area contributed by atoms with Gasteiger partial charge in [-0.3, -0.25) is 9.59 Å². The van der Waals surface area contributed by atoms with Crippen LogP contribution in [0.2, 0.25) is 0 Å². The standard InChI is InChI=1S/C20H27N3O2/c1-3-22(4-2)20(25)18-10-7-13-23(18)19(24)12-11-15-14-21-17-9-6-5-8-16(15)17/h5-6,8-9,14,18,21H,3-4,7,10-13H2,1-2H3/t18-/m0/s1. The fraction of sp³-hybridized carbons (Fsp3) is 0.500. The minimum Gasteiger partial charge on any atom is -0.361 e. The number of hydrogen-bond acceptors (Lipinski definition) is 2. The summed E-state index contributed by atoms with van der Waals surface area (Å²) in [7, 11) is 0. The molecule has 5 nitrogen and oxygen atoms in total. The van der Waals surface area contributed by atoms with Crippen LogP contribution in [0, 0.1) is 0 Å². The number of para-hydroxylation sites is 1. The molecule has 2 aromatic rings. The van der Waals surface area contributed by atoms with Gasteiger partial charge in [0.05, 0.1) is 0 Å². The van der Waals surface area contributed by atoms with E-state index < -0.39 is 0 Å². The number of amides is 2. The first-order valence-corrected chi connectivity index (χ1v) is 9.29. The van der Waals surface area contributed by atoms with Crippen LogP contribution in [0.3, 0.4) is 0 Å². The zero-order valence-corrected chi connectivity index (χ0v) is 15.1. The van der Waals surface area contributed by atoms with E-state index in [0.717, 1.165) is 23.9 Å². The Labute approximate surface area is 149 Å². The number of likely N-dealkylation sites (tertiary alicyclic amines) is 1. The lowest BCUT2D eigenvalue weighted by atomic mass is 10.1. The molecular formula is C20H27N3O2. The summed E-state index contributed by atoms with van der Waals surface area (Å²) in [6.07, 6.45) is 4.83. The number of rotatable bonds is 6. The molecule has 1 aromatic heterocycles. The third kappa shape index (κ3) is 3.55. The monoisotopic (exact) mass is 341 g/mol. The molecule has 0 unspecified atom stereocenters. The van der Waals surface area contributed by atoms with Crippen LogP contribution in [-0.2, 0) is 16.0 Å². The summed E-state index contributed by atoms with van der Waals surface area (Å²) in [4.78, 5) is 32.3. The summed E-state index contributed by atoms with van der Waals surface area (Å²) in [5, 5.41) is 1.17. The van der Waals surface area contributed by atoms with Gasteiger partial charge in [-0.1, -0.05) is 18.2 Å². The smallest absolute Gasteiger partial charge is 0.245 e. The minimum atomic E-state index is -0.268. The number of nitrogens with zero attached hydrogens (tertiary/aromatic N) is 2. The quantitative estimate of drug-likeness (QED) is 0.878. The maximum absolute atomic E-state index is 12.7. The molecule has 0 saturated carbocycles. The number of likely N-dealkylation sites (N-methyl/N-ethyl adjacent to an activating group) is 1. The van der Waals surface area contributed by atoms with Gasteiger partial charge in [0.15, 0.2) is 0 Å². The highest BCUT2D eigenvalue weighted by Crippen LogP contribution is 2.23. The molecule has 1 fully saturated rings. The number of aryl methyl sites for hydroxylation is 1. The van der Waals surface area contributed by atoms with E-state index in [1.165, 1.54) is 5.39 Å². The van der Waals surface area contributed by atoms with E-state index in [-0.39, 0.29) is 17.9 Å². The molecule has 1 aliphatic rings.